The van der Waals surface area contributed by atoms with Crippen molar-refractivity contribution in [2.45, 2.75) is 18.8 Å². The quantitative estimate of drug-likeness (QED) is 0.467. The highest BCUT2D eigenvalue weighted by atomic mass is 32.1. The molecule has 2 aromatic heterocycles. The molecular weight excluding hydrogens is 398 g/mol. The number of furan rings is 1. The highest BCUT2D eigenvalue weighted by molar-refractivity contribution is 7.14. The summed E-state index contributed by atoms with van der Waals surface area (Å²) in [5.41, 5.74) is 1.70. The van der Waals surface area contributed by atoms with Crippen LogP contribution in [-0.4, -0.2) is 41.2 Å². The summed E-state index contributed by atoms with van der Waals surface area (Å²) < 4.78 is 11.2. The maximum absolute atomic E-state index is 12.9. The van der Waals surface area contributed by atoms with E-state index in [1.54, 1.807) is 18.4 Å². The van der Waals surface area contributed by atoms with Crippen LogP contribution in [-0.2, 0) is 0 Å². The van der Waals surface area contributed by atoms with Crippen molar-refractivity contribution in [3.63, 3.8) is 0 Å². The zero-order valence-electron chi connectivity index (χ0n) is 16.6. The lowest BCUT2D eigenvalue weighted by Crippen LogP contribution is -2.37. The van der Waals surface area contributed by atoms with Crippen LogP contribution < -0.4 is 4.74 Å². The van der Waals surface area contributed by atoms with Gasteiger partial charge < -0.3 is 14.1 Å². The summed E-state index contributed by atoms with van der Waals surface area (Å²) in [6, 6.07) is 17.4. The molecule has 0 saturated carbocycles. The van der Waals surface area contributed by atoms with Gasteiger partial charge in [-0.25, -0.2) is 0 Å². The molecule has 1 aliphatic heterocycles. The third-order valence-corrected chi connectivity index (χ3v) is 6.66. The molecule has 0 radical (unpaired) electrons. The number of carbonyl (C=O) groups is 1. The van der Waals surface area contributed by atoms with Crippen molar-refractivity contribution in [1.82, 2.24) is 15.1 Å². The Hall–Kier alpha value is -3.19. The van der Waals surface area contributed by atoms with E-state index in [4.69, 9.17) is 9.15 Å². The predicted octanol–water partition coefficient (Wildman–Crippen LogP) is 4.98. The van der Waals surface area contributed by atoms with Gasteiger partial charge in [0, 0.05) is 24.4 Å². The standard InChI is InChI=1S/C23H21N3O3S/c1-28-19-9-5-3-7-17(19)22-25-24-21(30-22)15-10-12-26(13-11-15)23(27)20-14-16-6-2-4-8-18(16)29-20/h2-9,14-15H,10-13H2,1H3. The van der Waals surface area contributed by atoms with E-state index in [9.17, 15) is 4.79 Å². The maximum atomic E-state index is 12.9. The molecule has 30 heavy (non-hydrogen) atoms. The van der Waals surface area contributed by atoms with Crippen molar-refractivity contribution >= 4 is 28.2 Å². The van der Waals surface area contributed by atoms with E-state index < -0.39 is 0 Å². The van der Waals surface area contributed by atoms with Gasteiger partial charge in [0.15, 0.2) is 10.8 Å². The summed E-state index contributed by atoms with van der Waals surface area (Å²) >= 11 is 1.61. The van der Waals surface area contributed by atoms with Crippen LogP contribution in [0.4, 0.5) is 0 Å². The Morgan fingerprint density at radius 3 is 2.67 bits per heavy atom. The molecule has 0 aliphatic carbocycles. The minimum absolute atomic E-state index is 0.0448. The molecule has 7 heteroatoms. The van der Waals surface area contributed by atoms with E-state index in [0.717, 1.165) is 45.1 Å². The van der Waals surface area contributed by atoms with Gasteiger partial charge in [0.25, 0.3) is 5.91 Å². The van der Waals surface area contributed by atoms with E-state index in [1.807, 2.05) is 59.5 Å². The normalized spacial score (nSPS) is 14.9. The molecule has 0 bridgehead atoms. The summed E-state index contributed by atoms with van der Waals surface area (Å²) in [5, 5.41) is 11.7. The zero-order chi connectivity index (χ0) is 20.5. The first-order valence-electron chi connectivity index (χ1n) is 9.97. The molecule has 3 heterocycles. The van der Waals surface area contributed by atoms with Crippen LogP contribution in [0, 0.1) is 0 Å². The molecule has 5 rings (SSSR count). The number of para-hydroxylation sites is 2. The van der Waals surface area contributed by atoms with Crippen molar-refractivity contribution in [1.29, 1.82) is 0 Å². The number of likely N-dealkylation sites (tertiary alicyclic amines) is 1. The Labute approximate surface area is 178 Å². The number of rotatable bonds is 4. The summed E-state index contributed by atoms with van der Waals surface area (Å²) in [6.07, 6.45) is 1.74. The van der Waals surface area contributed by atoms with E-state index in [-0.39, 0.29) is 5.91 Å². The molecule has 0 unspecified atom stereocenters. The van der Waals surface area contributed by atoms with E-state index in [1.165, 1.54) is 0 Å². The molecular formula is C23H21N3O3S. The summed E-state index contributed by atoms with van der Waals surface area (Å²) in [4.78, 5) is 14.7. The largest absolute Gasteiger partial charge is 0.496 e. The van der Waals surface area contributed by atoms with Crippen LogP contribution in [0.3, 0.4) is 0 Å². The smallest absolute Gasteiger partial charge is 0.289 e. The Morgan fingerprint density at radius 1 is 1.10 bits per heavy atom. The van der Waals surface area contributed by atoms with Crippen LogP contribution in [0.2, 0.25) is 0 Å². The van der Waals surface area contributed by atoms with Crippen molar-refractivity contribution in [3.05, 3.63) is 65.4 Å². The molecule has 1 aliphatic rings. The predicted molar refractivity (Wildman–Crippen MR) is 116 cm³/mol. The first-order valence-corrected chi connectivity index (χ1v) is 10.8. The number of hydrogen-bond donors (Lipinski definition) is 0. The highest BCUT2D eigenvalue weighted by Crippen LogP contribution is 2.37. The van der Waals surface area contributed by atoms with E-state index in [2.05, 4.69) is 10.2 Å². The number of benzene rings is 2. The van der Waals surface area contributed by atoms with Gasteiger partial charge in [-0.15, -0.1) is 10.2 Å². The molecule has 0 spiro atoms. The Morgan fingerprint density at radius 2 is 1.87 bits per heavy atom. The molecule has 6 nitrogen and oxygen atoms in total. The number of amides is 1. The fraction of sp³-hybridized carbons (Fsp3) is 0.261. The number of carbonyl (C=O) groups excluding carboxylic acids is 1. The zero-order valence-corrected chi connectivity index (χ0v) is 17.4. The van der Waals surface area contributed by atoms with Crippen molar-refractivity contribution in [2.24, 2.45) is 0 Å². The second-order valence-corrected chi connectivity index (χ2v) is 8.37. The fourth-order valence-electron chi connectivity index (χ4n) is 3.90. The number of fused-ring (bicyclic) bond motifs is 1. The van der Waals surface area contributed by atoms with Crippen LogP contribution in [0.5, 0.6) is 5.75 Å². The average Bonchev–Trinajstić information content (AvgIpc) is 3.46. The van der Waals surface area contributed by atoms with Crippen molar-refractivity contribution in [3.8, 4) is 16.3 Å². The van der Waals surface area contributed by atoms with Gasteiger partial charge in [-0.1, -0.05) is 41.7 Å². The Bertz CT molecular complexity index is 1160. The summed E-state index contributed by atoms with van der Waals surface area (Å²) in [7, 11) is 1.66. The van der Waals surface area contributed by atoms with Gasteiger partial charge >= 0.3 is 0 Å². The molecule has 0 atom stereocenters. The molecule has 152 valence electrons. The number of aromatic nitrogens is 2. The Kier molecular flexibility index (Phi) is 4.96. The fourth-order valence-corrected chi connectivity index (χ4v) is 4.94. The second-order valence-electron chi connectivity index (χ2n) is 7.36. The summed E-state index contributed by atoms with van der Waals surface area (Å²) in [5.74, 6) is 1.47. The lowest BCUT2D eigenvalue weighted by Gasteiger charge is -2.30. The molecule has 2 aromatic carbocycles. The van der Waals surface area contributed by atoms with Crippen LogP contribution in [0.1, 0.15) is 34.3 Å². The summed E-state index contributed by atoms with van der Waals surface area (Å²) in [6.45, 7) is 1.37. The van der Waals surface area contributed by atoms with E-state index >= 15 is 0 Å². The van der Waals surface area contributed by atoms with Crippen LogP contribution in [0.25, 0.3) is 21.5 Å². The van der Waals surface area contributed by atoms with Crippen molar-refractivity contribution in [2.75, 3.05) is 20.2 Å². The number of methoxy groups -OCH3 is 1. The van der Waals surface area contributed by atoms with Gasteiger partial charge in [0.1, 0.15) is 16.3 Å². The molecule has 1 amide bonds. The topological polar surface area (TPSA) is 68.5 Å². The van der Waals surface area contributed by atoms with Gasteiger partial charge in [-0.2, -0.15) is 0 Å². The second kappa shape index (κ2) is 7.91. The van der Waals surface area contributed by atoms with Crippen LogP contribution >= 0.6 is 11.3 Å². The number of nitrogens with zero attached hydrogens (tertiary/aromatic N) is 3. The number of ether oxygens (including phenoxy) is 1. The van der Waals surface area contributed by atoms with E-state index in [0.29, 0.717) is 24.8 Å². The highest BCUT2D eigenvalue weighted by Gasteiger charge is 2.28. The number of piperidine rings is 1. The lowest BCUT2D eigenvalue weighted by atomic mass is 9.97. The monoisotopic (exact) mass is 419 g/mol. The molecule has 4 aromatic rings. The minimum Gasteiger partial charge on any atom is -0.496 e. The lowest BCUT2D eigenvalue weighted by molar-refractivity contribution is 0.0683. The molecule has 1 fully saturated rings. The van der Waals surface area contributed by atoms with Gasteiger partial charge in [-0.05, 0) is 37.1 Å². The first kappa shape index (κ1) is 18.8. The first-order chi connectivity index (χ1) is 14.7. The van der Waals surface area contributed by atoms with Crippen LogP contribution in [0.15, 0.2) is 59.0 Å². The third-order valence-electron chi connectivity index (χ3n) is 5.55. The number of hydrogen-bond acceptors (Lipinski definition) is 6. The molecule has 1 saturated heterocycles. The SMILES string of the molecule is COc1ccccc1-c1nnc(C2CCN(C(=O)c3cc4ccccc4o3)CC2)s1. The maximum Gasteiger partial charge on any atom is 0.289 e. The van der Waals surface area contributed by atoms with Gasteiger partial charge in [0.05, 0.1) is 12.7 Å². The minimum atomic E-state index is -0.0448. The third kappa shape index (κ3) is 3.45. The average molecular weight is 420 g/mol. The Balaban J connectivity index is 1.27. The van der Waals surface area contributed by atoms with Crippen molar-refractivity contribution < 1.29 is 13.9 Å². The molecule has 0 N–H and O–H groups in total. The van der Waals surface area contributed by atoms with Gasteiger partial charge in [-0.3, -0.25) is 4.79 Å². The van der Waals surface area contributed by atoms with Gasteiger partial charge in [0.2, 0.25) is 0 Å².